The van der Waals surface area contributed by atoms with Crippen LogP contribution in [0.15, 0.2) is 54.6 Å². The van der Waals surface area contributed by atoms with Gasteiger partial charge in [0, 0.05) is 23.5 Å². The van der Waals surface area contributed by atoms with E-state index in [0.29, 0.717) is 35.2 Å². The zero-order chi connectivity index (χ0) is 26.8. The van der Waals surface area contributed by atoms with Crippen LogP contribution in [0, 0.1) is 5.92 Å². The first-order chi connectivity index (χ1) is 18.4. The van der Waals surface area contributed by atoms with Crippen molar-refractivity contribution in [2.45, 2.75) is 25.2 Å². The van der Waals surface area contributed by atoms with Crippen LogP contribution < -0.4 is 23.7 Å². The number of hydrogen-bond acceptors (Lipinski definition) is 7. The maximum absolute atomic E-state index is 13.0. The quantitative estimate of drug-likeness (QED) is 0.393. The minimum atomic E-state index is -1.14. The smallest absolute Gasteiger partial charge is 0.341 e. The van der Waals surface area contributed by atoms with Crippen LogP contribution in [0.25, 0.3) is 0 Å². The minimum Gasteiger partial charge on any atom is -0.497 e. The number of carboxylic acids is 2. The summed E-state index contributed by atoms with van der Waals surface area (Å²) in [7, 11) is 1.49. The summed E-state index contributed by atoms with van der Waals surface area (Å²) in [6, 6.07) is 16.2. The van der Waals surface area contributed by atoms with Crippen molar-refractivity contribution in [2.24, 2.45) is 5.92 Å². The monoisotopic (exact) mass is 520 g/mol. The van der Waals surface area contributed by atoms with E-state index >= 15 is 0 Å². The number of fused-ring (bicyclic) bond motifs is 2. The molecule has 0 bridgehead atoms. The molecular formula is C29H28O9. The number of benzene rings is 3. The molecule has 3 atom stereocenters. The first kappa shape index (κ1) is 25.3. The Morgan fingerprint density at radius 3 is 2.37 bits per heavy atom. The van der Waals surface area contributed by atoms with Gasteiger partial charge in [-0.3, -0.25) is 4.79 Å². The van der Waals surface area contributed by atoms with Crippen LogP contribution in [-0.2, 0) is 9.59 Å². The molecule has 0 spiro atoms. The number of aliphatic carboxylic acids is 2. The molecule has 1 aliphatic carbocycles. The topological polar surface area (TPSA) is 121 Å². The molecular weight excluding hydrogens is 492 g/mol. The highest BCUT2D eigenvalue weighted by atomic mass is 16.7. The molecule has 2 aliphatic rings. The normalized spacial score (nSPS) is 19.1. The van der Waals surface area contributed by atoms with Crippen molar-refractivity contribution in [3.63, 3.8) is 0 Å². The maximum atomic E-state index is 13.0. The summed E-state index contributed by atoms with van der Waals surface area (Å²) < 4.78 is 27.9. The lowest BCUT2D eigenvalue weighted by Crippen LogP contribution is -2.24. The zero-order valence-corrected chi connectivity index (χ0v) is 21.0. The van der Waals surface area contributed by atoms with Crippen molar-refractivity contribution in [1.29, 1.82) is 0 Å². The average Bonchev–Trinajstić information content (AvgIpc) is 3.52. The Morgan fingerprint density at radius 2 is 1.63 bits per heavy atom. The molecule has 0 amide bonds. The highest BCUT2D eigenvalue weighted by molar-refractivity contribution is 5.79. The molecule has 0 radical (unpaired) electrons. The van der Waals surface area contributed by atoms with Gasteiger partial charge in [-0.15, -0.1) is 0 Å². The Morgan fingerprint density at radius 1 is 0.868 bits per heavy atom. The predicted octanol–water partition coefficient (Wildman–Crippen LogP) is 4.65. The van der Waals surface area contributed by atoms with Crippen molar-refractivity contribution in [3.05, 3.63) is 76.9 Å². The van der Waals surface area contributed by atoms with E-state index < -0.39 is 36.3 Å². The van der Waals surface area contributed by atoms with E-state index in [2.05, 4.69) is 0 Å². The van der Waals surface area contributed by atoms with E-state index in [1.54, 1.807) is 24.3 Å². The van der Waals surface area contributed by atoms with Gasteiger partial charge in [-0.1, -0.05) is 25.1 Å². The molecule has 38 heavy (non-hydrogen) atoms. The lowest BCUT2D eigenvalue weighted by molar-refractivity contribution is -0.142. The van der Waals surface area contributed by atoms with Gasteiger partial charge in [-0.05, 0) is 53.4 Å². The second-order valence-corrected chi connectivity index (χ2v) is 9.16. The standard InChI is InChI=1S/C29H28O9/c1-3-10-35-18-6-7-19-21(12-18)27(20-8-5-17(34-2)13-23(20)36-14-25(30)31)28(29(32)33)26(19)16-4-9-22-24(11-16)38-15-37-22/h4-9,11-13,26-28H,3,10,14-15H2,1-2H3,(H,30,31)(H,32,33)/t26-,27?,28+/m1/s1. The van der Waals surface area contributed by atoms with Crippen LogP contribution in [0.2, 0.25) is 0 Å². The third-order valence-corrected chi connectivity index (χ3v) is 6.87. The van der Waals surface area contributed by atoms with Crippen molar-refractivity contribution in [2.75, 3.05) is 27.1 Å². The molecule has 1 unspecified atom stereocenters. The molecule has 0 aromatic heterocycles. The van der Waals surface area contributed by atoms with Crippen LogP contribution in [0.5, 0.6) is 28.7 Å². The van der Waals surface area contributed by atoms with Gasteiger partial charge in [0.25, 0.3) is 0 Å². The fourth-order valence-corrected chi connectivity index (χ4v) is 5.30. The van der Waals surface area contributed by atoms with E-state index in [9.17, 15) is 19.8 Å². The largest absolute Gasteiger partial charge is 0.497 e. The summed E-state index contributed by atoms with van der Waals surface area (Å²) in [5.74, 6) is -1.72. The molecule has 3 aromatic rings. The molecule has 9 heteroatoms. The molecule has 5 rings (SSSR count). The van der Waals surface area contributed by atoms with Crippen LogP contribution in [0.3, 0.4) is 0 Å². The van der Waals surface area contributed by atoms with E-state index in [-0.39, 0.29) is 12.5 Å². The summed E-state index contributed by atoms with van der Waals surface area (Å²) in [4.78, 5) is 24.3. The minimum absolute atomic E-state index is 0.110. The van der Waals surface area contributed by atoms with Crippen molar-refractivity contribution in [1.82, 2.24) is 0 Å². The Kier molecular flexibility index (Phi) is 7.00. The van der Waals surface area contributed by atoms with Gasteiger partial charge in [0.15, 0.2) is 18.1 Å². The lowest BCUT2D eigenvalue weighted by Gasteiger charge is -2.24. The number of carbonyl (C=O) groups is 2. The van der Waals surface area contributed by atoms with Crippen molar-refractivity contribution in [3.8, 4) is 28.7 Å². The van der Waals surface area contributed by atoms with Crippen molar-refractivity contribution < 1.29 is 43.5 Å². The highest BCUT2D eigenvalue weighted by Gasteiger charge is 2.48. The Balaban J connectivity index is 1.69. The summed E-state index contributed by atoms with van der Waals surface area (Å²) >= 11 is 0. The van der Waals surface area contributed by atoms with E-state index in [1.807, 2.05) is 37.3 Å². The van der Waals surface area contributed by atoms with Crippen LogP contribution >= 0.6 is 0 Å². The second kappa shape index (κ2) is 10.5. The first-order valence-electron chi connectivity index (χ1n) is 12.3. The predicted molar refractivity (Wildman–Crippen MR) is 136 cm³/mol. The summed E-state index contributed by atoms with van der Waals surface area (Å²) in [5, 5.41) is 19.9. The van der Waals surface area contributed by atoms with Crippen molar-refractivity contribution >= 4 is 11.9 Å². The fraction of sp³-hybridized carbons (Fsp3) is 0.310. The number of carboxylic acid groups (broad SMARTS) is 2. The van der Waals surface area contributed by atoms with Crippen LogP contribution in [0.1, 0.15) is 47.4 Å². The number of ether oxygens (including phenoxy) is 5. The Labute approximate surface area is 219 Å². The van der Waals surface area contributed by atoms with E-state index in [0.717, 1.165) is 23.1 Å². The second-order valence-electron chi connectivity index (χ2n) is 9.16. The van der Waals surface area contributed by atoms with Gasteiger partial charge in [0.1, 0.15) is 17.2 Å². The molecule has 0 fully saturated rings. The summed E-state index contributed by atoms with van der Waals surface area (Å²) in [6.45, 7) is 2.06. The van der Waals surface area contributed by atoms with Gasteiger partial charge in [0.2, 0.25) is 6.79 Å². The molecule has 198 valence electrons. The van der Waals surface area contributed by atoms with Crippen LogP contribution in [-0.4, -0.2) is 49.3 Å². The number of rotatable bonds is 10. The Hall–Kier alpha value is -4.40. The Bertz CT molecular complexity index is 1370. The molecule has 1 heterocycles. The van der Waals surface area contributed by atoms with Gasteiger partial charge in [-0.25, -0.2) is 4.79 Å². The maximum Gasteiger partial charge on any atom is 0.341 e. The fourth-order valence-electron chi connectivity index (χ4n) is 5.30. The SMILES string of the molecule is CCCOc1ccc2c(c1)C(c1ccc(OC)cc1OCC(=O)O)[C@@H](C(=O)O)[C@@H]2c1ccc2c(c1)OCO2. The first-order valence-corrected chi connectivity index (χ1v) is 12.3. The van der Waals surface area contributed by atoms with E-state index in [4.69, 9.17) is 23.7 Å². The van der Waals surface area contributed by atoms with Gasteiger partial charge < -0.3 is 33.9 Å². The molecule has 3 aromatic carbocycles. The van der Waals surface area contributed by atoms with E-state index in [1.165, 1.54) is 7.11 Å². The molecule has 9 nitrogen and oxygen atoms in total. The number of methoxy groups -OCH3 is 1. The van der Waals surface area contributed by atoms with Crippen LogP contribution in [0.4, 0.5) is 0 Å². The van der Waals surface area contributed by atoms with Gasteiger partial charge >= 0.3 is 11.9 Å². The summed E-state index contributed by atoms with van der Waals surface area (Å²) in [5.41, 5.74) is 2.94. The summed E-state index contributed by atoms with van der Waals surface area (Å²) in [6.07, 6.45) is 0.823. The molecule has 0 saturated heterocycles. The molecule has 2 N–H and O–H groups in total. The third-order valence-electron chi connectivity index (χ3n) is 6.87. The third kappa shape index (κ3) is 4.67. The average molecular weight is 521 g/mol. The zero-order valence-electron chi connectivity index (χ0n) is 21.0. The molecule has 1 aliphatic heterocycles. The lowest BCUT2D eigenvalue weighted by atomic mass is 9.79. The highest BCUT2D eigenvalue weighted by Crippen LogP contribution is 2.56. The van der Waals surface area contributed by atoms with Gasteiger partial charge in [0.05, 0.1) is 19.6 Å². The molecule has 0 saturated carbocycles. The van der Waals surface area contributed by atoms with Gasteiger partial charge in [-0.2, -0.15) is 0 Å². The number of hydrogen-bond donors (Lipinski definition) is 2.